The van der Waals surface area contributed by atoms with Crippen LogP contribution in [0.15, 0.2) is 16.8 Å². The molecule has 0 aliphatic rings. The van der Waals surface area contributed by atoms with Crippen LogP contribution in [0.25, 0.3) is 0 Å². The zero-order valence-corrected chi connectivity index (χ0v) is 10.8. The van der Waals surface area contributed by atoms with Crippen molar-refractivity contribution in [1.29, 1.82) is 0 Å². The van der Waals surface area contributed by atoms with Crippen molar-refractivity contribution in [2.24, 2.45) is 0 Å². The van der Waals surface area contributed by atoms with Gasteiger partial charge in [-0.3, -0.25) is 0 Å². The Balaban J connectivity index is 2.36. The number of nitrogens with one attached hydrogen (secondary N) is 1. The van der Waals surface area contributed by atoms with Gasteiger partial charge in [-0.05, 0) is 62.4 Å². The van der Waals surface area contributed by atoms with E-state index in [1.165, 1.54) is 12.0 Å². The molecule has 3 heteroatoms. The first-order valence-electron chi connectivity index (χ1n) is 5.61. The van der Waals surface area contributed by atoms with Crippen molar-refractivity contribution < 1.29 is 0 Å². The largest absolute Gasteiger partial charge is 0.314 e. The number of rotatable bonds is 7. The van der Waals surface area contributed by atoms with E-state index < -0.39 is 0 Å². The molecule has 15 heavy (non-hydrogen) atoms. The van der Waals surface area contributed by atoms with Crippen molar-refractivity contribution in [3.8, 4) is 0 Å². The minimum Gasteiger partial charge on any atom is -0.314 e. The van der Waals surface area contributed by atoms with Crippen LogP contribution in [-0.2, 0) is 6.42 Å². The van der Waals surface area contributed by atoms with Crippen LogP contribution in [-0.4, -0.2) is 38.1 Å². The molecule has 0 radical (unpaired) electrons. The van der Waals surface area contributed by atoms with E-state index in [0.29, 0.717) is 6.04 Å². The highest BCUT2D eigenvalue weighted by atomic mass is 32.1. The second-order valence-corrected chi connectivity index (χ2v) is 4.96. The van der Waals surface area contributed by atoms with Crippen LogP contribution in [0.3, 0.4) is 0 Å². The molecule has 0 saturated carbocycles. The van der Waals surface area contributed by atoms with Gasteiger partial charge < -0.3 is 10.2 Å². The molecule has 0 amide bonds. The lowest BCUT2D eigenvalue weighted by Gasteiger charge is -2.19. The fraction of sp³-hybridized carbons (Fsp3) is 0.667. The summed E-state index contributed by atoms with van der Waals surface area (Å²) in [5.41, 5.74) is 1.46. The Morgan fingerprint density at radius 3 is 2.80 bits per heavy atom. The minimum atomic E-state index is 0.618. The summed E-state index contributed by atoms with van der Waals surface area (Å²) in [5, 5.41) is 7.96. The Labute approximate surface area is 97.3 Å². The van der Waals surface area contributed by atoms with Gasteiger partial charge in [-0.15, -0.1) is 0 Å². The number of thiophene rings is 1. The van der Waals surface area contributed by atoms with E-state index in [0.717, 1.165) is 19.5 Å². The average Bonchev–Trinajstić information content (AvgIpc) is 2.67. The standard InChI is InChI=1S/C12H22N2S/c1-4-13-12(5-7-14(2)3)9-11-6-8-15-10-11/h6,8,10,12-13H,4-5,7,9H2,1-3H3. The molecule has 1 aromatic rings. The van der Waals surface area contributed by atoms with Crippen LogP contribution < -0.4 is 5.32 Å². The van der Waals surface area contributed by atoms with Crippen LogP contribution in [0.4, 0.5) is 0 Å². The molecule has 0 spiro atoms. The fourth-order valence-corrected chi connectivity index (χ4v) is 2.35. The maximum absolute atomic E-state index is 3.55. The Hall–Kier alpha value is -0.380. The third-order valence-electron chi connectivity index (χ3n) is 2.48. The first-order valence-corrected chi connectivity index (χ1v) is 6.55. The molecule has 1 unspecified atom stereocenters. The van der Waals surface area contributed by atoms with Gasteiger partial charge in [0.1, 0.15) is 0 Å². The van der Waals surface area contributed by atoms with Crippen LogP contribution in [0.5, 0.6) is 0 Å². The summed E-state index contributed by atoms with van der Waals surface area (Å²) in [6, 6.07) is 2.84. The fourth-order valence-electron chi connectivity index (χ4n) is 1.67. The van der Waals surface area contributed by atoms with Crippen molar-refractivity contribution >= 4 is 11.3 Å². The normalized spacial score (nSPS) is 13.3. The number of hydrogen-bond acceptors (Lipinski definition) is 3. The first-order chi connectivity index (χ1) is 7.22. The summed E-state index contributed by atoms with van der Waals surface area (Å²) in [6.07, 6.45) is 2.38. The quantitative estimate of drug-likeness (QED) is 0.767. The average molecular weight is 226 g/mol. The summed E-state index contributed by atoms with van der Waals surface area (Å²) in [4.78, 5) is 2.25. The molecule has 1 rings (SSSR count). The maximum Gasteiger partial charge on any atom is 0.0120 e. The van der Waals surface area contributed by atoms with Crippen molar-refractivity contribution in [3.63, 3.8) is 0 Å². The molecule has 1 N–H and O–H groups in total. The van der Waals surface area contributed by atoms with Crippen molar-refractivity contribution in [3.05, 3.63) is 22.4 Å². The monoisotopic (exact) mass is 226 g/mol. The summed E-state index contributed by atoms with van der Waals surface area (Å²) in [5.74, 6) is 0. The van der Waals surface area contributed by atoms with Gasteiger partial charge in [0.25, 0.3) is 0 Å². The first kappa shape index (κ1) is 12.7. The third-order valence-corrected chi connectivity index (χ3v) is 3.21. The smallest absolute Gasteiger partial charge is 0.0120 e. The predicted octanol–water partition coefficient (Wildman–Crippen LogP) is 2.22. The molecule has 0 aliphatic heterocycles. The Kier molecular flexibility index (Phi) is 5.91. The molecule has 2 nitrogen and oxygen atoms in total. The summed E-state index contributed by atoms with van der Waals surface area (Å²) < 4.78 is 0. The number of nitrogens with zero attached hydrogens (tertiary/aromatic N) is 1. The lowest BCUT2D eigenvalue weighted by molar-refractivity contribution is 0.359. The number of likely N-dealkylation sites (N-methyl/N-ethyl adjacent to an activating group) is 1. The van der Waals surface area contributed by atoms with Crippen LogP contribution in [0.1, 0.15) is 18.9 Å². The maximum atomic E-state index is 3.55. The molecular weight excluding hydrogens is 204 g/mol. The van der Waals surface area contributed by atoms with Crippen molar-refractivity contribution in [2.75, 3.05) is 27.2 Å². The summed E-state index contributed by atoms with van der Waals surface area (Å²) >= 11 is 1.79. The molecule has 86 valence electrons. The van der Waals surface area contributed by atoms with Gasteiger partial charge in [-0.1, -0.05) is 6.92 Å². The Morgan fingerprint density at radius 2 is 2.27 bits per heavy atom. The summed E-state index contributed by atoms with van der Waals surface area (Å²) in [7, 11) is 4.27. The molecule has 1 aromatic heterocycles. The van der Waals surface area contributed by atoms with E-state index in [1.54, 1.807) is 11.3 Å². The van der Waals surface area contributed by atoms with Crippen molar-refractivity contribution in [2.45, 2.75) is 25.8 Å². The SMILES string of the molecule is CCNC(CCN(C)C)Cc1ccsc1. The van der Waals surface area contributed by atoms with Gasteiger partial charge in [0.2, 0.25) is 0 Å². The van der Waals surface area contributed by atoms with Crippen LogP contribution in [0, 0.1) is 0 Å². The van der Waals surface area contributed by atoms with Gasteiger partial charge >= 0.3 is 0 Å². The Bertz CT molecular complexity index is 244. The Morgan fingerprint density at radius 1 is 1.47 bits per heavy atom. The second-order valence-electron chi connectivity index (χ2n) is 4.18. The molecule has 0 aliphatic carbocycles. The second kappa shape index (κ2) is 6.99. The van der Waals surface area contributed by atoms with E-state index >= 15 is 0 Å². The van der Waals surface area contributed by atoms with E-state index in [-0.39, 0.29) is 0 Å². The van der Waals surface area contributed by atoms with E-state index in [9.17, 15) is 0 Å². The van der Waals surface area contributed by atoms with E-state index in [1.807, 2.05) is 0 Å². The lowest BCUT2D eigenvalue weighted by atomic mass is 10.1. The zero-order valence-electron chi connectivity index (χ0n) is 9.99. The molecule has 1 heterocycles. The zero-order chi connectivity index (χ0) is 11.1. The van der Waals surface area contributed by atoms with Gasteiger partial charge in [0, 0.05) is 6.04 Å². The highest BCUT2D eigenvalue weighted by molar-refractivity contribution is 7.07. The minimum absolute atomic E-state index is 0.618. The molecule has 0 bridgehead atoms. The van der Waals surface area contributed by atoms with Gasteiger partial charge in [-0.25, -0.2) is 0 Å². The summed E-state index contributed by atoms with van der Waals surface area (Å²) in [6.45, 7) is 4.39. The van der Waals surface area contributed by atoms with E-state index in [4.69, 9.17) is 0 Å². The predicted molar refractivity (Wildman–Crippen MR) is 68.7 cm³/mol. The van der Waals surface area contributed by atoms with Crippen molar-refractivity contribution in [1.82, 2.24) is 10.2 Å². The van der Waals surface area contributed by atoms with Crippen LogP contribution >= 0.6 is 11.3 Å². The lowest BCUT2D eigenvalue weighted by Crippen LogP contribution is -2.33. The molecular formula is C12H22N2S. The van der Waals surface area contributed by atoms with Gasteiger partial charge in [0.05, 0.1) is 0 Å². The van der Waals surface area contributed by atoms with Crippen LogP contribution in [0.2, 0.25) is 0 Å². The van der Waals surface area contributed by atoms with E-state index in [2.05, 4.69) is 48.1 Å². The topological polar surface area (TPSA) is 15.3 Å². The number of hydrogen-bond donors (Lipinski definition) is 1. The molecule has 0 aromatic carbocycles. The third kappa shape index (κ3) is 5.30. The highest BCUT2D eigenvalue weighted by Gasteiger charge is 2.08. The highest BCUT2D eigenvalue weighted by Crippen LogP contribution is 2.10. The van der Waals surface area contributed by atoms with Gasteiger partial charge in [-0.2, -0.15) is 11.3 Å². The molecule has 0 saturated heterocycles. The van der Waals surface area contributed by atoms with Gasteiger partial charge in [0.15, 0.2) is 0 Å². The molecule has 1 atom stereocenters. The molecule has 0 fully saturated rings.